The Bertz CT molecular complexity index is 813. The molecule has 0 aliphatic rings. The average Bonchev–Trinajstić information content (AvgIpc) is 2.72. The molecule has 4 heteroatoms. The van der Waals surface area contributed by atoms with Crippen LogP contribution in [-0.2, 0) is 11.8 Å². The van der Waals surface area contributed by atoms with Crippen molar-refractivity contribution in [2.75, 3.05) is 13.6 Å². The van der Waals surface area contributed by atoms with Gasteiger partial charge in [0.15, 0.2) is 0 Å². The number of nitriles is 1. The van der Waals surface area contributed by atoms with Gasteiger partial charge < -0.3 is 4.90 Å². The number of benzene rings is 2. The molecule has 0 saturated carbocycles. The van der Waals surface area contributed by atoms with Crippen LogP contribution < -0.4 is 0 Å². The average molecular weight is 520 g/mol. The van der Waals surface area contributed by atoms with E-state index >= 15 is 0 Å². The number of halogens is 2. The summed E-state index contributed by atoms with van der Waals surface area (Å²) in [4.78, 5) is 2.47. The summed E-state index contributed by atoms with van der Waals surface area (Å²) in [5.74, 6) is 0.243. The topological polar surface area (TPSA) is 27.0 Å². The molecule has 0 saturated heterocycles. The van der Waals surface area contributed by atoms with Crippen molar-refractivity contribution in [2.24, 2.45) is 5.92 Å². The molecule has 0 aromatic heterocycles. The zero-order chi connectivity index (χ0) is 21.4. The second-order valence-corrected chi connectivity index (χ2v) is 9.89. The first-order valence-corrected chi connectivity index (χ1v) is 12.0. The Balaban J connectivity index is 2.11. The number of likely N-dealkylation sites (N-methyl/N-ethyl adjacent to an activating group) is 1. The zero-order valence-corrected chi connectivity index (χ0v) is 21.1. The van der Waals surface area contributed by atoms with Crippen molar-refractivity contribution < 1.29 is 0 Å². The maximum absolute atomic E-state index is 10.2. The van der Waals surface area contributed by atoms with Crippen LogP contribution in [0.15, 0.2) is 57.5 Å². The highest BCUT2D eigenvalue weighted by Crippen LogP contribution is 2.39. The van der Waals surface area contributed by atoms with Gasteiger partial charge in [-0.3, -0.25) is 0 Å². The molecule has 2 aromatic carbocycles. The van der Waals surface area contributed by atoms with E-state index in [0.717, 1.165) is 46.7 Å². The van der Waals surface area contributed by atoms with Gasteiger partial charge in [0.2, 0.25) is 0 Å². The predicted molar refractivity (Wildman–Crippen MR) is 130 cm³/mol. The molecule has 2 unspecified atom stereocenters. The fourth-order valence-electron chi connectivity index (χ4n) is 4.05. The molecule has 0 spiro atoms. The van der Waals surface area contributed by atoms with Gasteiger partial charge in [-0.25, -0.2) is 0 Å². The van der Waals surface area contributed by atoms with E-state index < -0.39 is 5.41 Å². The Morgan fingerprint density at radius 2 is 1.76 bits per heavy atom. The molecule has 156 valence electrons. The fraction of sp³-hybridized carbons (Fsp3) is 0.480. The van der Waals surface area contributed by atoms with Crippen LogP contribution in [-0.4, -0.2) is 24.5 Å². The van der Waals surface area contributed by atoms with Gasteiger partial charge in [0.25, 0.3) is 0 Å². The van der Waals surface area contributed by atoms with Gasteiger partial charge in [-0.05, 0) is 93.8 Å². The van der Waals surface area contributed by atoms with E-state index in [1.54, 1.807) is 0 Å². The lowest BCUT2D eigenvalue weighted by Gasteiger charge is -2.35. The van der Waals surface area contributed by atoms with E-state index in [4.69, 9.17) is 0 Å². The molecule has 0 bridgehead atoms. The quantitative estimate of drug-likeness (QED) is 0.327. The van der Waals surface area contributed by atoms with Gasteiger partial charge in [-0.15, -0.1) is 0 Å². The van der Waals surface area contributed by atoms with Gasteiger partial charge in [0.05, 0.1) is 11.5 Å². The number of nitrogens with zero attached hydrogens (tertiary/aromatic N) is 2. The summed E-state index contributed by atoms with van der Waals surface area (Å²) in [6, 6.07) is 20.1. The van der Waals surface area contributed by atoms with Crippen LogP contribution in [0.2, 0.25) is 0 Å². The van der Waals surface area contributed by atoms with Crippen molar-refractivity contribution in [2.45, 2.75) is 57.9 Å². The minimum atomic E-state index is -0.475. The molecule has 0 aliphatic carbocycles. The minimum Gasteiger partial charge on any atom is -0.303 e. The molecule has 0 heterocycles. The van der Waals surface area contributed by atoms with E-state index in [9.17, 15) is 5.26 Å². The summed E-state index contributed by atoms with van der Waals surface area (Å²) in [7, 11) is 2.22. The van der Waals surface area contributed by atoms with Gasteiger partial charge in [0.1, 0.15) is 0 Å². The Morgan fingerprint density at radius 3 is 2.31 bits per heavy atom. The SMILES string of the molecule is CCC(CCC(C#N)(c1ccc(Br)c(Br)c1)C(C)C)N(C)CCc1ccccc1. The maximum atomic E-state index is 10.2. The summed E-state index contributed by atoms with van der Waals surface area (Å²) in [5, 5.41) is 10.2. The molecular weight excluding hydrogens is 488 g/mol. The van der Waals surface area contributed by atoms with E-state index in [1.807, 2.05) is 6.07 Å². The molecule has 2 aromatic rings. The van der Waals surface area contributed by atoms with Crippen LogP contribution >= 0.6 is 31.9 Å². The molecular formula is C25H32Br2N2. The third-order valence-corrected chi connectivity index (χ3v) is 8.06. The van der Waals surface area contributed by atoms with Gasteiger partial charge >= 0.3 is 0 Å². The fourth-order valence-corrected chi connectivity index (χ4v) is 4.68. The van der Waals surface area contributed by atoms with Gasteiger partial charge in [-0.1, -0.05) is 57.2 Å². The molecule has 0 N–H and O–H groups in total. The third kappa shape index (κ3) is 6.17. The van der Waals surface area contributed by atoms with E-state index in [-0.39, 0.29) is 5.92 Å². The lowest BCUT2D eigenvalue weighted by Crippen LogP contribution is -2.37. The first-order chi connectivity index (χ1) is 13.8. The number of hydrogen-bond donors (Lipinski definition) is 0. The highest BCUT2D eigenvalue weighted by molar-refractivity contribution is 9.13. The monoisotopic (exact) mass is 518 g/mol. The van der Waals surface area contributed by atoms with Crippen LogP contribution in [0.5, 0.6) is 0 Å². The van der Waals surface area contributed by atoms with Crippen LogP contribution in [0.3, 0.4) is 0 Å². The summed E-state index contributed by atoms with van der Waals surface area (Å²) in [6.07, 6.45) is 4.03. The van der Waals surface area contributed by atoms with Crippen molar-refractivity contribution in [3.63, 3.8) is 0 Å². The van der Waals surface area contributed by atoms with E-state index in [2.05, 4.69) is 113 Å². The smallest absolute Gasteiger partial charge is 0.0846 e. The first kappa shape index (κ1) is 24.1. The summed E-state index contributed by atoms with van der Waals surface area (Å²) < 4.78 is 2.02. The summed E-state index contributed by atoms with van der Waals surface area (Å²) in [6.45, 7) is 7.62. The molecule has 2 nitrogen and oxygen atoms in total. The van der Waals surface area contributed by atoms with Crippen molar-refractivity contribution in [1.29, 1.82) is 5.26 Å². The van der Waals surface area contributed by atoms with Crippen LogP contribution in [0.1, 0.15) is 51.2 Å². The van der Waals surface area contributed by atoms with Crippen LogP contribution in [0.4, 0.5) is 0 Å². The third-order valence-electron chi connectivity index (χ3n) is 6.18. The van der Waals surface area contributed by atoms with Gasteiger partial charge in [-0.2, -0.15) is 5.26 Å². The van der Waals surface area contributed by atoms with Crippen molar-refractivity contribution in [1.82, 2.24) is 4.90 Å². The summed E-state index contributed by atoms with van der Waals surface area (Å²) in [5.41, 5.74) is 2.01. The van der Waals surface area contributed by atoms with Crippen molar-refractivity contribution in [3.8, 4) is 6.07 Å². The first-order valence-electron chi connectivity index (χ1n) is 10.4. The van der Waals surface area contributed by atoms with Gasteiger partial charge in [0, 0.05) is 21.5 Å². The van der Waals surface area contributed by atoms with Crippen molar-refractivity contribution >= 4 is 31.9 Å². The van der Waals surface area contributed by atoms with E-state index in [0.29, 0.717) is 6.04 Å². The molecule has 29 heavy (non-hydrogen) atoms. The Labute approximate surface area is 193 Å². The molecule has 2 atom stereocenters. The van der Waals surface area contributed by atoms with E-state index in [1.165, 1.54) is 5.56 Å². The second kappa shape index (κ2) is 11.3. The Morgan fingerprint density at radius 1 is 1.07 bits per heavy atom. The second-order valence-electron chi connectivity index (χ2n) is 8.18. The van der Waals surface area contributed by atoms with Crippen molar-refractivity contribution in [3.05, 3.63) is 68.6 Å². The normalized spacial score (nSPS) is 14.6. The summed E-state index contributed by atoms with van der Waals surface area (Å²) >= 11 is 7.16. The molecule has 2 rings (SSSR count). The Kier molecular flexibility index (Phi) is 9.40. The highest BCUT2D eigenvalue weighted by atomic mass is 79.9. The molecule has 0 aliphatic heterocycles. The minimum absolute atomic E-state index is 0.243. The largest absolute Gasteiger partial charge is 0.303 e. The number of rotatable bonds is 10. The lowest BCUT2D eigenvalue weighted by atomic mass is 9.69. The van der Waals surface area contributed by atoms with Crippen LogP contribution in [0.25, 0.3) is 0 Å². The lowest BCUT2D eigenvalue weighted by molar-refractivity contribution is 0.206. The standard InChI is InChI=1S/C25H32Br2N2/c1-5-22(29(4)16-14-20-9-7-6-8-10-20)13-15-25(18-28,19(2)3)21-11-12-23(26)24(27)17-21/h6-12,17,19,22H,5,13-16H2,1-4H3. The Hall–Kier alpha value is -1.15. The number of hydrogen-bond acceptors (Lipinski definition) is 2. The predicted octanol–water partition coefficient (Wildman–Crippen LogP) is 7.36. The molecule has 0 fully saturated rings. The highest BCUT2D eigenvalue weighted by Gasteiger charge is 2.37. The molecule has 0 radical (unpaired) electrons. The maximum Gasteiger partial charge on any atom is 0.0846 e. The van der Waals surface area contributed by atoms with Crippen LogP contribution in [0, 0.1) is 17.2 Å². The zero-order valence-electron chi connectivity index (χ0n) is 18.0. The molecule has 0 amide bonds.